The molecule has 0 aromatic rings. The second-order valence-electron chi connectivity index (χ2n) is 8.65. The molecule has 0 atom stereocenters. The normalized spacial score (nSPS) is 7.08. The first-order valence-electron chi connectivity index (χ1n) is 17.5. The van der Waals surface area contributed by atoms with E-state index in [1.54, 1.807) is 0 Å². The molecule has 0 aromatic carbocycles. The third-order valence-corrected chi connectivity index (χ3v) is 6.97. The van der Waals surface area contributed by atoms with E-state index in [1.165, 1.54) is 85.3 Å². The van der Waals surface area contributed by atoms with Gasteiger partial charge in [0.2, 0.25) is 0 Å². The Morgan fingerprint density at radius 1 is 0.167 bits per heavy atom. The Balaban J connectivity index is -0.0000000312. The summed E-state index contributed by atoms with van der Waals surface area (Å²) in [5.41, 5.74) is 0. The fourth-order valence-electron chi connectivity index (χ4n) is 0.707. The van der Waals surface area contributed by atoms with Crippen LogP contribution in [0.5, 0.6) is 0 Å². The Bertz CT molecular complexity index is 936. The minimum absolute atomic E-state index is 0. The Labute approximate surface area is 606 Å². The molecule has 0 aliphatic rings. The van der Waals surface area contributed by atoms with Crippen molar-refractivity contribution in [2.45, 2.75) is 0 Å². The van der Waals surface area contributed by atoms with Crippen LogP contribution in [0.1, 0.15) is 0 Å². The quantitative estimate of drug-likeness (QED) is 0.0791. The SMILES string of the molecule is COC(=O)C[S-].COC(=O)C[S-].COC(=O)C[S-].COC(=O)C[S-].COC(=O)C[S-].COC(=O)C[S-].COC(=O)C[S-].COC(=O)C[S-].COC(=O)C[S-].COC(=O)C[S-].COC(=O)C[S-].COC(=O)C[S-].[Pd+2].[Pd+2].[Pd+2].[Pd+2].[Pd+2].[Pd+2]. The molecule has 0 bridgehead atoms. The molecule has 0 rings (SSSR count). The van der Waals surface area contributed by atoms with Gasteiger partial charge in [0.25, 0.3) is 71.6 Å². The molecule has 0 fully saturated rings. The molecular formula is C36H60O24Pd6S12. The van der Waals surface area contributed by atoms with E-state index in [2.05, 4.69) is 208 Å². The van der Waals surface area contributed by atoms with Gasteiger partial charge >= 0.3 is 123 Å². The van der Waals surface area contributed by atoms with Crippen molar-refractivity contribution in [1.29, 1.82) is 0 Å². The fourth-order valence-corrected chi connectivity index (χ4v) is 2.12. The van der Waals surface area contributed by atoms with Crippen LogP contribution in [0, 0.1) is 0 Å². The van der Waals surface area contributed by atoms with Crippen molar-refractivity contribution in [3.63, 3.8) is 0 Å². The molecule has 0 aliphatic carbocycles. The molecule has 0 saturated heterocycles. The van der Waals surface area contributed by atoms with Crippen molar-refractivity contribution in [1.82, 2.24) is 0 Å². The Morgan fingerprint density at radius 2 is 0.205 bits per heavy atom. The summed E-state index contributed by atoms with van der Waals surface area (Å²) in [6.07, 6.45) is 0. The minimum Gasteiger partial charge on any atom is -0.782 e. The number of carbonyl (C=O) groups is 12. The molecule has 78 heavy (non-hydrogen) atoms. The average molecular weight is 1900 g/mol. The van der Waals surface area contributed by atoms with E-state index in [9.17, 15) is 57.5 Å². The molecule has 0 spiro atoms. The van der Waals surface area contributed by atoms with Crippen molar-refractivity contribution in [3.8, 4) is 0 Å². The third kappa shape index (κ3) is 185. The van der Waals surface area contributed by atoms with Gasteiger partial charge in [-0.3, -0.25) is 57.5 Å². The van der Waals surface area contributed by atoms with Crippen LogP contribution in [0.25, 0.3) is 0 Å². The van der Waals surface area contributed by atoms with Gasteiger partial charge in [0, 0.05) is 0 Å². The molecule has 0 unspecified atom stereocenters. The standard InChI is InChI=1S/12C3H6O2S.6Pd/c12*1-5-3(4)2-6;;;;;;/h12*6H,2H2,1H3;;;;;;/q;;;;;;;;;;;;6*+2/p-12. The number of esters is 12. The Kier molecular flexibility index (Phi) is 208. The van der Waals surface area contributed by atoms with Crippen molar-refractivity contribution >= 4 is 223 Å². The van der Waals surface area contributed by atoms with Crippen LogP contribution in [0.2, 0.25) is 0 Å². The van der Waals surface area contributed by atoms with Gasteiger partial charge in [-0.2, -0.15) is 0 Å². The molecule has 0 amide bonds. The van der Waals surface area contributed by atoms with E-state index in [4.69, 9.17) is 0 Å². The first-order valence-corrected chi connectivity index (χ1v) is 24.4. The second kappa shape index (κ2) is 125. The largest absolute Gasteiger partial charge is 2.00 e. The van der Waals surface area contributed by atoms with E-state index in [-0.39, 0.29) is 263 Å². The number of hydrogen-bond acceptors (Lipinski definition) is 36. The molecule has 0 N–H and O–H groups in total. The van der Waals surface area contributed by atoms with Crippen LogP contribution in [0.15, 0.2) is 0 Å². The van der Waals surface area contributed by atoms with Gasteiger partial charge in [-0.05, 0) is 0 Å². The van der Waals surface area contributed by atoms with Crippen LogP contribution in [-0.4, -0.2) is 226 Å². The predicted molar refractivity (Wildman–Crippen MR) is 291 cm³/mol. The summed E-state index contributed by atoms with van der Waals surface area (Å²) < 4.78 is 49.9. The number of rotatable bonds is 12. The van der Waals surface area contributed by atoms with Gasteiger partial charge in [0.15, 0.2) is 0 Å². The molecule has 0 radical (unpaired) electrons. The Morgan fingerprint density at radius 3 is 0.205 bits per heavy atom. The Hall–Kier alpha value is 1.81. The molecule has 0 heterocycles. The van der Waals surface area contributed by atoms with E-state index in [0.717, 1.165) is 0 Å². The second-order valence-corrected chi connectivity index (χ2v) is 12.1. The average Bonchev–Trinajstić information content (AvgIpc) is 3.45. The first kappa shape index (κ1) is 130. The maximum absolute atomic E-state index is 9.85. The van der Waals surface area contributed by atoms with Crippen molar-refractivity contribution in [2.24, 2.45) is 0 Å². The van der Waals surface area contributed by atoms with Crippen LogP contribution in [-0.2, 0) is 388 Å². The van der Waals surface area contributed by atoms with Gasteiger partial charge in [-0.1, -0.05) is 69.0 Å². The van der Waals surface area contributed by atoms with Gasteiger partial charge in [0.1, 0.15) is 0 Å². The topological polar surface area (TPSA) is 316 Å². The summed E-state index contributed by atoms with van der Waals surface area (Å²) in [6.45, 7) is 0. The molecule has 0 saturated carbocycles. The molecule has 24 nitrogen and oxygen atoms in total. The van der Waals surface area contributed by atoms with E-state index < -0.39 is 0 Å². The van der Waals surface area contributed by atoms with Crippen LogP contribution in [0.3, 0.4) is 0 Å². The number of carbonyl (C=O) groups excluding carboxylic acids is 12. The van der Waals surface area contributed by atoms with Crippen molar-refractivity contribution in [3.05, 3.63) is 0 Å². The first-order chi connectivity index (χ1) is 33.7. The number of hydrogen-bond donors (Lipinski definition) is 0. The number of ether oxygens (including phenoxy) is 12. The maximum Gasteiger partial charge on any atom is 2.00 e. The zero-order valence-electron chi connectivity index (χ0n) is 43.1. The van der Waals surface area contributed by atoms with Crippen molar-refractivity contribution < 1.29 is 237 Å². The van der Waals surface area contributed by atoms with E-state index in [0.29, 0.717) is 0 Å². The zero-order chi connectivity index (χ0) is 59.9. The summed E-state index contributed by atoms with van der Waals surface area (Å²) in [5, 5.41) is 0. The third-order valence-electron chi connectivity index (χ3n) is 4.15. The molecule has 0 aromatic heterocycles. The number of methoxy groups -OCH3 is 12. The summed E-state index contributed by atoms with van der Waals surface area (Å²) in [4.78, 5) is 118. The fraction of sp³-hybridized carbons (Fsp3) is 0.667. The summed E-state index contributed by atoms with van der Waals surface area (Å²) in [5.74, 6) is -3.49. The molecule has 42 heteroatoms. The van der Waals surface area contributed by atoms with Gasteiger partial charge in [-0.25, -0.2) is 0 Å². The molecule has 0 aliphatic heterocycles. The van der Waals surface area contributed by atoms with Crippen LogP contribution < -0.4 is 0 Å². The zero-order valence-corrected chi connectivity index (χ0v) is 62.2. The van der Waals surface area contributed by atoms with Crippen LogP contribution in [0.4, 0.5) is 0 Å². The van der Waals surface area contributed by atoms with Gasteiger partial charge in [-0.15, -0.1) is 0 Å². The predicted octanol–water partition coefficient (Wildman–Crippen LogP) is -3.54. The molecular weight excluding hydrogens is 1840 g/mol. The monoisotopic (exact) mass is 1900 g/mol. The summed E-state index contributed by atoms with van der Waals surface area (Å²) >= 11 is 51.6. The van der Waals surface area contributed by atoms with E-state index >= 15 is 0 Å². The van der Waals surface area contributed by atoms with Gasteiger partial charge < -0.3 is 208 Å². The summed E-state index contributed by atoms with van der Waals surface area (Å²) in [7, 11) is 15.8. The summed E-state index contributed by atoms with van der Waals surface area (Å²) in [6, 6.07) is 0. The van der Waals surface area contributed by atoms with Crippen molar-refractivity contribution in [2.75, 3.05) is 154 Å². The minimum atomic E-state index is -0.343. The smallest absolute Gasteiger partial charge is 0.782 e. The maximum atomic E-state index is 9.85. The van der Waals surface area contributed by atoms with Gasteiger partial charge in [0.05, 0.1) is 85.3 Å². The molecule has 480 valence electrons. The van der Waals surface area contributed by atoms with E-state index in [1.807, 2.05) is 0 Å². The van der Waals surface area contributed by atoms with Crippen LogP contribution >= 0.6 is 0 Å².